The first-order valence-electron chi connectivity index (χ1n) is 8.64. The molecule has 0 radical (unpaired) electrons. The first-order chi connectivity index (χ1) is 13.4. The van der Waals surface area contributed by atoms with Crippen LogP contribution in [0.15, 0.2) is 77.6 Å². The van der Waals surface area contributed by atoms with Crippen molar-refractivity contribution in [1.29, 1.82) is 0 Å². The number of hydrogen-bond donors (Lipinski definition) is 0. The van der Waals surface area contributed by atoms with Crippen LogP contribution in [0.5, 0.6) is 0 Å². The van der Waals surface area contributed by atoms with E-state index in [-0.39, 0.29) is 11.3 Å². The van der Waals surface area contributed by atoms with E-state index in [4.69, 9.17) is 23.2 Å². The van der Waals surface area contributed by atoms with Gasteiger partial charge in [0.25, 0.3) is 5.56 Å². The van der Waals surface area contributed by atoms with Crippen LogP contribution in [0.3, 0.4) is 0 Å². The van der Waals surface area contributed by atoms with Crippen molar-refractivity contribution in [3.63, 3.8) is 0 Å². The second-order valence-corrected chi connectivity index (χ2v) is 7.42. The highest BCUT2D eigenvalue weighted by atomic mass is 35.5. The van der Waals surface area contributed by atoms with Gasteiger partial charge in [-0.25, -0.2) is 0 Å². The Morgan fingerprint density at radius 3 is 2.25 bits per heavy atom. The van der Waals surface area contributed by atoms with E-state index in [1.54, 1.807) is 66.2 Å². The van der Waals surface area contributed by atoms with Crippen molar-refractivity contribution in [2.45, 2.75) is 0 Å². The van der Waals surface area contributed by atoms with Crippen molar-refractivity contribution < 1.29 is 4.79 Å². The van der Waals surface area contributed by atoms with Gasteiger partial charge in [0, 0.05) is 33.8 Å². The van der Waals surface area contributed by atoms with E-state index < -0.39 is 0 Å². The zero-order valence-electron chi connectivity index (χ0n) is 14.9. The van der Waals surface area contributed by atoms with Crippen molar-refractivity contribution in [3.8, 4) is 11.1 Å². The van der Waals surface area contributed by atoms with Crippen molar-refractivity contribution >= 4 is 39.9 Å². The molecule has 0 aliphatic heterocycles. The molecule has 5 heteroatoms. The summed E-state index contributed by atoms with van der Waals surface area (Å²) in [5, 5.41) is 1.94. The molecule has 0 saturated carbocycles. The highest BCUT2D eigenvalue weighted by Crippen LogP contribution is 2.25. The maximum atomic E-state index is 12.8. The van der Waals surface area contributed by atoms with Crippen LogP contribution >= 0.6 is 23.2 Å². The molecular formula is C23H15Cl2NO2. The van der Waals surface area contributed by atoms with Crippen LogP contribution in [-0.2, 0) is 7.05 Å². The minimum atomic E-state index is -0.119. The molecule has 3 aromatic carbocycles. The van der Waals surface area contributed by atoms with Gasteiger partial charge >= 0.3 is 0 Å². The van der Waals surface area contributed by atoms with Gasteiger partial charge in [0.1, 0.15) is 0 Å². The molecule has 1 aromatic heterocycles. The lowest BCUT2D eigenvalue weighted by Gasteiger charge is -2.11. The van der Waals surface area contributed by atoms with E-state index in [9.17, 15) is 9.59 Å². The van der Waals surface area contributed by atoms with Crippen molar-refractivity contribution in [2.75, 3.05) is 0 Å². The van der Waals surface area contributed by atoms with Gasteiger partial charge in [0.05, 0.1) is 5.52 Å². The number of pyridine rings is 1. The predicted octanol–water partition coefficient (Wildman–Crippen LogP) is 5.74. The summed E-state index contributed by atoms with van der Waals surface area (Å²) in [4.78, 5) is 25.6. The Bertz CT molecular complexity index is 1270. The molecule has 0 aliphatic carbocycles. The maximum Gasteiger partial charge on any atom is 0.258 e. The van der Waals surface area contributed by atoms with Crippen LogP contribution in [0.2, 0.25) is 10.0 Å². The number of hydrogen-bond acceptors (Lipinski definition) is 2. The monoisotopic (exact) mass is 407 g/mol. The summed E-state index contributed by atoms with van der Waals surface area (Å²) in [7, 11) is 1.72. The topological polar surface area (TPSA) is 39.1 Å². The lowest BCUT2D eigenvalue weighted by Crippen LogP contribution is -2.19. The first kappa shape index (κ1) is 18.5. The van der Waals surface area contributed by atoms with Gasteiger partial charge in [-0.1, -0.05) is 35.3 Å². The third-order valence-electron chi connectivity index (χ3n) is 4.73. The van der Waals surface area contributed by atoms with E-state index >= 15 is 0 Å². The van der Waals surface area contributed by atoms with E-state index in [0.29, 0.717) is 26.7 Å². The lowest BCUT2D eigenvalue weighted by atomic mass is 9.99. The number of carbonyl (C=O) groups is 1. The van der Waals surface area contributed by atoms with E-state index in [1.165, 1.54) is 0 Å². The number of aryl methyl sites for hydroxylation is 1. The van der Waals surface area contributed by atoms with Gasteiger partial charge in [-0.2, -0.15) is 0 Å². The molecular weight excluding hydrogens is 393 g/mol. The lowest BCUT2D eigenvalue weighted by molar-refractivity contribution is 0.103. The standard InChI is InChI=1S/C23H15Cl2NO2/c1-26-21-10-7-16(22(27)14-5-8-18(24)9-6-14)11-17(21)13-20(23(26)28)15-3-2-4-19(25)12-15/h2-13H,1H3. The number of halogens is 2. The molecule has 0 atom stereocenters. The largest absolute Gasteiger partial charge is 0.311 e. The molecule has 4 rings (SSSR count). The Morgan fingerprint density at radius 2 is 1.54 bits per heavy atom. The third kappa shape index (κ3) is 3.35. The number of ketones is 1. The van der Waals surface area contributed by atoms with Gasteiger partial charge in [0.15, 0.2) is 5.78 Å². The number of benzene rings is 3. The SMILES string of the molecule is Cn1c(=O)c(-c2cccc(Cl)c2)cc2cc(C(=O)c3ccc(Cl)cc3)ccc21. The van der Waals surface area contributed by atoms with Crippen LogP contribution in [0.25, 0.3) is 22.0 Å². The Labute approximate surface area is 171 Å². The minimum Gasteiger partial charge on any atom is -0.311 e. The fourth-order valence-corrected chi connectivity index (χ4v) is 3.57. The molecule has 0 unspecified atom stereocenters. The molecule has 0 amide bonds. The summed E-state index contributed by atoms with van der Waals surface area (Å²) >= 11 is 12.0. The summed E-state index contributed by atoms with van der Waals surface area (Å²) in [6.07, 6.45) is 0. The van der Waals surface area contributed by atoms with Crippen molar-refractivity contribution in [1.82, 2.24) is 4.57 Å². The van der Waals surface area contributed by atoms with Gasteiger partial charge in [-0.15, -0.1) is 0 Å². The molecule has 0 bridgehead atoms. The van der Waals surface area contributed by atoms with E-state index in [1.807, 2.05) is 18.2 Å². The molecule has 1 heterocycles. The number of aromatic nitrogens is 1. The van der Waals surface area contributed by atoms with Crippen LogP contribution in [-0.4, -0.2) is 10.4 Å². The molecule has 0 spiro atoms. The van der Waals surface area contributed by atoms with Crippen molar-refractivity contribution in [3.05, 3.63) is 104 Å². The van der Waals surface area contributed by atoms with E-state index in [2.05, 4.69) is 0 Å². The van der Waals surface area contributed by atoms with Gasteiger partial charge in [-0.3, -0.25) is 9.59 Å². The second kappa shape index (κ2) is 7.27. The zero-order valence-corrected chi connectivity index (χ0v) is 16.5. The Balaban J connectivity index is 1.87. The van der Waals surface area contributed by atoms with Crippen molar-refractivity contribution in [2.24, 2.45) is 7.05 Å². The number of nitrogens with zero attached hydrogens (tertiary/aromatic N) is 1. The van der Waals surface area contributed by atoms with Gasteiger partial charge < -0.3 is 4.57 Å². The highest BCUT2D eigenvalue weighted by molar-refractivity contribution is 6.31. The van der Waals surface area contributed by atoms with Gasteiger partial charge in [0.2, 0.25) is 0 Å². The molecule has 28 heavy (non-hydrogen) atoms. The first-order valence-corrected chi connectivity index (χ1v) is 9.39. The number of carbonyl (C=O) groups excluding carboxylic acids is 1. The fraction of sp³-hybridized carbons (Fsp3) is 0.0435. The second-order valence-electron chi connectivity index (χ2n) is 6.54. The van der Waals surface area contributed by atoms with Gasteiger partial charge in [-0.05, 0) is 71.6 Å². The number of rotatable bonds is 3. The fourth-order valence-electron chi connectivity index (χ4n) is 3.25. The number of fused-ring (bicyclic) bond motifs is 1. The Kier molecular flexibility index (Phi) is 4.80. The molecule has 0 aliphatic rings. The smallest absolute Gasteiger partial charge is 0.258 e. The Morgan fingerprint density at radius 1 is 0.821 bits per heavy atom. The predicted molar refractivity (Wildman–Crippen MR) is 115 cm³/mol. The Hall–Kier alpha value is -2.88. The highest BCUT2D eigenvalue weighted by Gasteiger charge is 2.13. The van der Waals surface area contributed by atoms with Crippen LogP contribution in [0.4, 0.5) is 0 Å². The quantitative estimate of drug-likeness (QED) is 0.406. The minimum absolute atomic E-state index is 0.100. The summed E-state index contributed by atoms with van der Waals surface area (Å²) in [6, 6.07) is 21.1. The zero-order chi connectivity index (χ0) is 19.8. The average Bonchev–Trinajstić information content (AvgIpc) is 2.70. The van der Waals surface area contributed by atoms with E-state index in [0.717, 1.165) is 16.5 Å². The molecule has 3 nitrogen and oxygen atoms in total. The summed E-state index contributed by atoms with van der Waals surface area (Å²) in [6.45, 7) is 0. The van der Waals surface area contributed by atoms with Crippen LogP contribution < -0.4 is 5.56 Å². The average molecular weight is 408 g/mol. The molecule has 4 aromatic rings. The third-order valence-corrected chi connectivity index (χ3v) is 5.22. The van der Waals surface area contributed by atoms with Crippen LogP contribution in [0.1, 0.15) is 15.9 Å². The maximum absolute atomic E-state index is 12.8. The summed E-state index contributed by atoms with van der Waals surface area (Å²) < 4.78 is 1.59. The molecule has 0 N–H and O–H groups in total. The van der Waals surface area contributed by atoms with Crippen LogP contribution in [0, 0.1) is 0 Å². The summed E-state index contributed by atoms with van der Waals surface area (Å²) in [5.41, 5.74) is 3.02. The molecule has 138 valence electrons. The normalized spacial score (nSPS) is 11.0. The molecule has 0 fully saturated rings. The summed E-state index contributed by atoms with van der Waals surface area (Å²) in [5.74, 6) is -0.100. The molecule has 0 saturated heterocycles.